The minimum Gasteiger partial charge on any atom is -0.497 e. The van der Waals surface area contributed by atoms with Crippen LogP contribution in [-0.2, 0) is 33.3 Å². The zero-order valence-corrected chi connectivity index (χ0v) is 22.5. The molecule has 3 saturated heterocycles. The van der Waals surface area contributed by atoms with Crippen LogP contribution in [0.5, 0.6) is 5.75 Å². The number of rotatable bonds is 7. The van der Waals surface area contributed by atoms with E-state index in [-0.39, 0.29) is 54.6 Å². The third-order valence-electron chi connectivity index (χ3n) is 8.36. The summed E-state index contributed by atoms with van der Waals surface area (Å²) in [5, 5.41) is 0. The molecule has 3 fully saturated rings. The lowest BCUT2D eigenvalue weighted by Gasteiger charge is -2.41. The Hall–Kier alpha value is -3.13. The number of hydrogen-bond donors (Lipinski definition) is 1. The van der Waals surface area contributed by atoms with Crippen LogP contribution in [0.25, 0.3) is 0 Å². The van der Waals surface area contributed by atoms with E-state index >= 15 is 0 Å². The maximum Gasteiger partial charge on any atom is 0.404 e. The van der Waals surface area contributed by atoms with Crippen LogP contribution in [0.3, 0.4) is 0 Å². The topological polar surface area (TPSA) is 147 Å². The van der Waals surface area contributed by atoms with Gasteiger partial charge in [-0.25, -0.2) is 4.79 Å². The molecular weight excluding hydrogens is 530 g/mol. The Morgan fingerprint density at radius 3 is 2.41 bits per heavy atom. The molecule has 0 aromatic heterocycles. The Labute approximate surface area is 228 Å². The summed E-state index contributed by atoms with van der Waals surface area (Å²) in [5.41, 5.74) is 4.35. The smallest absolute Gasteiger partial charge is 0.404 e. The average Bonchev–Trinajstić information content (AvgIpc) is 3.19. The van der Waals surface area contributed by atoms with E-state index < -0.39 is 41.3 Å². The van der Waals surface area contributed by atoms with E-state index in [1.807, 2.05) is 24.3 Å². The first-order valence-electron chi connectivity index (χ1n) is 12.6. The molecule has 5 atom stereocenters. The largest absolute Gasteiger partial charge is 0.497 e. The number of carbonyl (C=O) groups excluding carboxylic acids is 4. The number of fused-ring (bicyclic) bond motifs is 4. The fraction of sp³-hybridized carbons (Fsp3) is 0.538. The number of thioether (sulfide) groups is 1. The van der Waals surface area contributed by atoms with E-state index in [0.29, 0.717) is 12.3 Å². The van der Waals surface area contributed by atoms with Gasteiger partial charge in [-0.1, -0.05) is 0 Å². The Balaban J connectivity index is 1.40. The normalized spacial score (nSPS) is 31.9. The number of nitrogens with two attached hydrogens (primary N) is 1. The molecule has 0 radical (unpaired) electrons. The van der Waals surface area contributed by atoms with Crippen molar-refractivity contribution >= 4 is 35.3 Å². The predicted molar refractivity (Wildman–Crippen MR) is 134 cm³/mol. The van der Waals surface area contributed by atoms with Crippen molar-refractivity contribution in [1.82, 2.24) is 9.80 Å². The molecule has 39 heavy (non-hydrogen) atoms. The second-order valence-electron chi connectivity index (χ2n) is 10.0. The summed E-state index contributed by atoms with van der Waals surface area (Å²) in [7, 11) is 3.05. The lowest BCUT2D eigenvalue weighted by Crippen LogP contribution is -2.56. The average molecular weight is 560 g/mol. The molecule has 4 heterocycles. The number of amides is 2. The highest BCUT2D eigenvalue weighted by molar-refractivity contribution is 7.99. The lowest BCUT2D eigenvalue weighted by atomic mass is 9.76. The highest BCUT2D eigenvalue weighted by Gasteiger charge is 2.79. The van der Waals surface area contributed by atoms with Crippen LogP contribution in [-0.4, -0.2) is 103 Å². The van der Waals surface area contributed by atoms with Crippen LogP contribution in [0, 0.1) is 11.8 Å². The van der Waals surface area contributed by atoms with E-state index in [0.717, 1.165) is 4.90 Å². The number of piperazine rings is 1. The monoisotopic (exact) mass is 559 g/mol. The van der Waals surface area contributed by atoms with Crippen LogP contribution in [0.2, 0.25) is 0 Å². The molecule has 1 aromatic rings. The maximum atomic E-state index is 14.3. The number of benzene rings is 1. The van der Waals surface area contributed by atoms with Crippen molar-refractivity contribution in [3.8, 4) is 5.75 Å². The van der Waals surface area contributed by atoms with Crippen molar-refractivity contribution < 1.29 is 42.9 Å². The molecule has 1 spiro atoms. The van der Waals surface area contributed by atoms with Gasteiger partial charge in [-0.05, 0) is 24.3 Å². The fourth-order valence-corrected chi connectivity index (χ4v) is 7.85. The van der Waals surface area contributed by atoms with Crippen molar-refractivity contribution in [3.63, 3.8) is 0 Å². The number of primary amides is 1. The van der Waals surface area contributed by atoms with Gasteiger partial charge in [0.2, 0.25) is 17.5 Å². The standard InChI is InChI=1S/C26H29N3O9S/c1-13(30)29-18-10-28-20-19(16(11-36-24(27)33)25(28,35-3)22(18)29)23(32)26(37-8-9-38-26)17(21(20)31)12-39-15-6-4-14(34-2)5-7-15/h4-7,16-18,22H,8-12H2,1-3H3,(H2,27,33)/t16-,17?,18+,22+,25-,29?/m1/s1. The van der Waals surface area contributed by atoms with Gasteiger partial charge in [0, 0.05) is 36.8 Å². The molecule has 208 valence electrons. The van der Waals surface area contributed by atoms with Gasteiger partial charge < -0.3 is 39.2 Å². The second-order valence-corrected chi connectivity index (χ2v) is 11.1. The third-order valence-corrected chi connectivity index (χ3v) is 9.47. The van der Waals surface area contributed by atoms with Crippen LogP contribution in [0.15, 0.2) is 40.4 Å². The van der Waals surface area contributed by atoms with Crippen molar-refractivity contribution in [3.05, 3.63) is 35.5 Å². The van der Waals surface area contributed by atoms with E-state index in [2.05, 4.69) is 0 Å². The van der Waals surface area contributed by atoms with Gasteiger partial charge in [-0.2, -0.15) is 0 Å². The Morgan fingerprint density at radius 2 is 1.82 bits per heavy atom. The van der Waals surface area contributed by atoms with E-state index in [9.17, 15) is 19.2 Å². The minimum atomic E-state index is -1.81. The Kier molecular flexibility index (Phi) is 6.17. The zero-order chi connectivity index (χ0) is 27.7. The first kappa shape index (κ1) is 26.1. The second kappa shape index (κ2) is 9.22. The van der Waals surface area contributed by atoms with Gasteiger partial charge in [0.15, 0.2) is 11.5 Å². The molecule has 6 rings (SSSR count). The van der Waals surface area contributed by atoms with Crippen LogP contribution in [0.1, 0.15) is 6.92 Å². The number of ketones is 2. The molecule has 1 unspecified atom stereocenters. The first-order valence-corrected chi connectivity index (χ1v) is 13.6. The number of hydrogen-bond acceptors (Lipinski definition) is 11. The van der Waals surface area contributed by atoms with Gasteiger partial charge >= 0.3 is 6.09 Å². The van der Waals surface area contributed by atoms with Gasteiger partial charge in [-0.3, -0.25) is 14.4 Å². The quantitative estimate of drug-likeness (QED) is 0.369. The summed E-state index contributed by atoms with van der Waals surface area (Å²) < 4.78 is 28.4. The van der Waals surface area contributed by atoms with Crippen LogP contribution in [0.4, 0.5) is 4.79 Å². The van der Waals surface area contributed by atoms with E-state index in [1.165, 1.54) is 25.8 Å². The molecule has 1 aromatic carbocycles. The van der Waals surface area contributed by atoms with Gasteiger partial charge in [0.05, 0.1) is 43.9 Å². The predicted octanol–water partition coefficient (Wildman–Crippen LogP) is 0.535. The van der Waals surface area contributed by atoms with Gasteiger partial charge in [0.1, 0.15) is 18.4 Å². The Morgan fingerprint density at radius 1 is 1.13 bits per heavy atom. The fourth-order valence-electron chi connectivity index (χ4n) is 6.79. The number of nitrogens with zero attached hydrogens (tertiary/aromatic N) is 2. The minimum absolute atomic E-state index is 0.129. The first-order chi connectivity index (χ1) is 18.7. The summed E-state index contributed by atoms with van der Waals surface area (Å²) in [6.07, 6.45) is -1.03. The highest BCUT2D eigenvalue weighted by Crippen LogP contribution is 2.61. The van der Waals surface area contributed by atoms with Crippen molar-refractivity contribution in [2.24, 2.45) is 17.6 Å². The lowest BCUT2D eigenvalue weighted by molar-refractivity contribution is -0.197. The van der Waals surface area contributed by atoms with E-state index in [4.69, 9.17) is 29.4 Å². The molecule has 2 N–H and O–H groups in total. The molecule has 4 aliphatic heterocycles. The molecule has 12 nitrogen and oxygen atoms in total. The van der Waals surface area contributed by atoms with Crippen LogP contribution >= 0.6 is 11.8 Å². The third kappa shape index (κ3) is 3.56. The molecule has 13 heteroatoms. The highest BCUT2D eigenvalue weighted by atomic mass is 32.2. The molecule has 2 amide bonds. The van der Waals surface area contributed by atoms with E-state index in [1.54, 1.807) is 16.9 Å². The summed E-state index contributed by atoms with van der Waals surface area (Å²) >= 11 is 1.41. The number of methoxy groups -OCH3 is 2. The van der Waals surface area contributed by atoms with Gasteiger partial charge in [-0.15, -0.1) is 11.8 Å². The Bertz CT molecular complexity index is 1280. The number of Topliss-reactive ketones (excluding diaryl/α,β-unsaturated/α-hetero) is 2. The summed E-state index contributed by atoms with van der Waals surface area (Å²) in [4.78, 5) is 57.0. The van der Waals surface area contributed by atoms with Crippen molar-refractivity contribution in [2.45, 2.75) is 35.4 Å². The maximum absolute atomic E-state index is 14.3. The van der Waals surface area contributed by atoms with Gasteiger partial charge in [0.25, 0.3) is 0 Å². The van der Waals surface area contributed by atoms with Crippen molar-refractivity contribution in [1.29, 1.82) is 0 Å². The van der Waals surface area contributed by atoms with Crippen LogP contribution < -0.4 is 10.5 Å². The molecule has 1 aliphatic carbocycles. The summed E-state index contributed by atoms with van der Waals surface area (Å²) in [5.74, 6) is -3.67. The number of ether oxygens (including phenoxy) is 5. The molecule has 5 aliphatic rings. The molecular formula is C26H29N3O9S. The molecule has 0 saturated carbocycles. The number of carbonyl (C=O) groups is 4. The summed E-state index contributed by atoms with van der Waals surface area (Å²) in [6, 6.07) is 6.76. The number of allylic oxidation sites excluding steroid dienone is 1. The zero-order valence-electron chi connectivity index (χ0n) is 21.7. The SMILES string of the molecule is COc1ccc(SCC2C(=O)C3=C(C(=O)C24OCCO4)[C@@H](COC(N)=O)[C@@]2(OC)[C@@H]4[C@H](CN32)N4C(C)=O)cc1. The summed E-state index contributed by atoms with van der Waals surface area (Å²) in [6.45, 7) is 1.75. The van der Waals surface area contributed by atoms with Crippen molar-refractivity contribution in [2.75, 3.05) is 46.3 Å². The molecule has 0 bridgehead atoms.